The fraction of sp³-hybridized carbons (Fsp3) is 0.364. The van der Waals surface area contributed by atoms with Gasteiger partial charge in [-0.15, -0.1) is 5.06 Å². The van der Waals surface area contributed by atoms with Crippen molar-refractivity contribution >= 4 is 17.6 Å². The predicted molar refractivity (Wildman–Crippen MR) is 113 cm³/mol. The van der Waals surface area contributed by atoms with Crippen LogP contribution in [0.4, 0.5) is 14.5 Å². The highest BCUT2D eigenvalue weighted by Gasteiger charge is 2.41. The Hall–Kier alpha value is -3.44. The fourth-order valence-electron chi connectivity index (χ4n) is 3.07. The van der Waals surface area contributed by atoms with E-state index in [2.05, 4.69) is 4.74 Å². The minimum Gasteiger partial charge on any atom is -0.468 e. The van der Waals surface area contributed by atoms with E-state index < -0.39 is 57.4 Å². The summed E-state index contributed by atoms with van der Waals surface area (Å²) >= 11 is 0. The van der Waals surface area contributed by atoms with Crippen molar-refractivity contribution in [2.24, 2.45) is 0 Å². The maximum atomic E-state index is 13.6. The van der Waals surface area contributed by atoms with E-state index in [9.17, 15) is 33.6 Å². The van der Waals surface area contributed by atoms with E-state index >= 15 is 0 Å². The largest absolute Gasteiger partial charge is 0.468 e. The SMILES string of the molecule is COC(=O)[C@@H]([C@H](C)O)N(OC(=O)c1ccc(-c2ccc(F)c(F)c2)cc1[N+](=O)[O-])C(C)(C)C. The molecule has 33 heavy (non-hydrogen) atoms. The molecule has 0 saturated carbocycles. The molecule has 178 valence electrons. The van der Waals surface area contributed by atoms with Gasteiger partial charge in [-0.3, -0.25) is 14.9 Å². The van der Waals surface area contributed by atoms with Crippen LogP contribution in [0.3, 0.4) is 0 Å². The lowest BCUT2D eigenvalue weighted by Crippen LogP contribution is -2.56. The summed E-state index contributed by atoms with van der Waals surface area (Å²) in [5.74, 6) is -4.25. The number of carbonyl (C=O) groups excluding carboxylic acids is 2. The first-order valence-electron chi connectivity index (χ1n) is 9.79. The van der Waals surface area contributed by atoms with Gasteiger partial charge in [0, 0.05) is 11.6 Å². The third kappa shape index (κ3) is 5.88. The zero-order valence-corrected chi connectivity index (χ0v) is 18.7. The number of esters is 1. The predicted octanol–water partition coefficient (Wildman–Crippen LogP) is 3.63. The van der Waals surface area contributed by atoms with Crippen LogP contribution < -0.4 is 0 Å². The number of aliphatic hydroxyl groups excluding tert-OH is 1. The Kier molecular flexibility index (Phi) is 7.83. The van der Waals surface area contributed by atoms with Gasteiger partial charge in [-0.2, -0.15) is 0 Å². The second-order valence-corrected chi connectivity index (χ2v) is 8.20. The van der Waals surface area contributed by atoms with Gasteiger partial charge >= 0.3 is 11.9 Å². The van der Waals surface area contributed by atoms with Crippen LogP contribution in [-0.4, -0.2) is 51.8 Å². The van der Waals surface area contributed by atoms with Gasteiger partial charge in [-0.25, -0.2) is 13.6 Å². The number of nitrogens with zero attached hydrogens (tertiary/aromatic N) is 2. The number of hydrogen-bond acceptors (Lipinski definition) is 8. The van der Waals surface area contributed by atoms with Gasteiger partial charge < -0.3 is 14.7 Å². The van der Waals surface area contributed by atoms with Crippen molar-refractivity contribution in [3.8, 4) is 11.1 Å². The Morgan fingerprint density at radius 3 is 2.15 bits per heavy atom. The number of hydrogen-bond donors (Lipinski definition) is 1. The van der Waals surface area contributed by atoms with E-state index in [4.69, 9.17) is 4.84 Å². The second kappa shape index (κ2) is 10.0. The van der Waals surface area contributed by atoms with Crippen molar-refractivity contribution in [2.45, 2.75) is 45.4 Å². The summed E-state index contributed by atoms with van der Waals surface area (Å²) in [6, 6.07) is 5.02. The van der Waals surface area contributed by atoms with Crippen LogP contribution >= 0.6 is 0 Å². The molecule has 2 aromatic carbocycles. The molecule has 9 nitrogen and oxygen atoms in total. The average molecular weight is 466 g/mol. The normalized spacial score (nSPS) is 13.4. The summed E-state index contributed by atoms with van der Waals surface area (Å²) in [5.41, 5.74) is -1.78. The smallest absolute Gasteiger partial charge is 0.364 e. The average Bonchev–Trinajstić information content (AvgIpc) is 2.73. The first kappa shape index (κ1) is 25.8. The topological polar surface area (TPSA) is 119 Å². The molecule has 0 aliphatic carbocycles. The Morgan fingerprint density at radius 1 is 1.09 bits per heavy atom. The molecular weight excluding hydrogens is 442 g/mol. The molecule has 0 unspecified atom stereocenters. The Morgan fingerprint density at radius 2 is 1.67 bits per heavy atom. The minimum atomic E-state index is -1.40. The lowest BCUT2D eigenvalue weighted by molar-refractivity contribution is -0.385. The van der Waals surface area contributed by atoms with Gasteiger partial charge in [0.1, 0.15) is 5.56 Å². The number of rotatable bonds is 7. The molecule has 0 radical (unpaired) electrons. The number of ether oxygens (including phenoxy) is 1. The molecule has 2 rings (SSSR count). The maximum absolute atomic E-state index is 13.6. The van der Waals surface area contributed by atoms with Crippen molar-refractivity contribution < 1.29 is 38.0 Å². The van der Waals surface area contributed by atoms with E-state index in [-0.39, 0.29) is 11.1 Å². The van der Waals surface area contributed by atoms with E-state index in [1.54, 1.807) is 20.8 Å². The summed E-state index contributed by atoms with van der Waals surface area (Å²) in [7, 11) is 1.10. The first-order chi connectivity index (χ1) is 15.3. The van der Waals surface area contributed by atoms with Crippen LogP contribution in [0.25, 0.3) is 11.1 Å². The molecule has 0 amide bonds. The third-order valence-corrected chi connectivity index (χ3v) is 4.66. The number of methoxy groups -OCH3 is 1. The zero-order valence-electron chi connectivity index (χ0n) is 18.7. The van der Waals surface area contributed by atoms with E-state index in [1.165, 1.54) is 19.1 Å². The maximum Gasteiger partial charge on any atom is 0.364 e. The molecule has 0 bridgehead atoms. The minimum absolute atomic E-state index is 0.160. The molecule has 0 spiro atoms. The molecule has 0 fully saturated rings. The van der Waals surface area contributed by atoms with E-state index in [0.29, 0.717) is 0 Å². The molecule has 0 heterocycles. The molecule has 0 saturated heterocycles. The summed E-state index contributed by atoms with van der Waals surface area (Å²) in [4.78, 5) is 41.3. The summed E-state index contributed by atoms with van der Waals surface area (Å²) in [6.45, 7) is 6.09. The zero-order chi connectivity index (χ0) is 25.1. The van der Waals surface area contributed by atoms with Gasteiger partial charge in [0.2, 0.25) is 0 Å². The van der Waals surface area contributed by atoms with Crippen molar-refractivity contribution in [1.82, 2.24) is 5.06 Å². The molecule has 0 aliphatic heterocycles. The number of nitro benzene ring substituents is 1. The first-order valence-corrected chi connectivity index (χ1v) is 9.79. The molecule has 1 N–H and O–H groups in total. The van der Waals surface area contributed by atoms with Crippen molar-refractivity contribution in [2.75, 3.05) is 7.11 Å². The highest BCUT2D eigenvalue weighted by molar-refractivity contribution is 5.95. The molecule has 0 aliphatic rings. The van der Waals surface area contributed by atoms with Crippen LogP contribution in [0.2, 0.25) is 0 Å². The van der Waals surface area contributed by atoms with Crippen LogP contribution in [-0.2, 0) is 14.4 Å². The van der Waals surface area contributed by atoms with E-state index in [0.717, 1.165) is 36.4 Å². The standard InChI is InChI=1S/C22H24F2N2O7/c1-12(27)19(21(29)32-5)25(22(2,3)4)33-20(28)15-8-6-14(11-18(15)26(30)31)13-7-9-16(23)17(24)10-13/h6-12,19,27H,1-5H3/t12-,19+/m0/s1. The molecule has 0 aromatic heterocycles. The quantitative estimate of drug-likeness (QED) is 0.373. The number of aliphatic hydroxyl groups is 1. The van der Waals surface area contributed by atoms with Gasteiger partial charge in [-0.1, -0.05) is 12.1 Å². The van der Waals surface area contributed by atoms with Crippen molar-refractivity contribution in [3.05, 3.63) is 63.7 Å². The summed E-state index contributed by atoms with van der Waals surface area (Å²) in [5, 5.41) is 22.6. The molecule has 2 aromatic rings. The number of nitro groups is 1. The summed E-state index contributed by atoms with van der Waals surface area (Å²) in [6.07, 6.45) is -1.31. The number of halogens is 2. The Balaban J connectivity index is 2.49. The van der Waals surface area contributed by atoms with Crippen molar-refractivity contribution in [1.29, 1.82) is 0 Å². The fourth-order valence-corrected chi connectivity index (χ4v) is 3.07. The highest BCUT2D eigenvalue weighted by atomic mass is 19.2. The van der Waals surface area contributed by atoms with Gasteiger partial charge in [0.15, 0.2) is 17.7 Å². The Labute approximate surface area is 188 Å². The van der Waals surface area contributed by atoms with Gasteiger partial charge in [0.25, 0.3) is 5.69 Å². The molecular formula is C22H24F2N2O7. The molecule has 11 heteroatoms. The van der Waals surface area contributed by atoms with Crippen LogP contribution in [0.5, 0.6) is 0 Å². The lowest BCUT2D eigenvalue weighted by atomic mass is 10.0. The van der Waals surface area contributed by atoms with Crippen molar-refractivity contribution in [3.63, 3.8) is 0 Å². The number of carbonyl (C=O) groups is 2. The highest BCUT2D eigenvalue weighted by Crippen LogP contribution is 2.30. The Bertz CT molecular complexity index is 1070. The van der Waals surface area contributed by atoms with Gasteiger partial charge in [-0.05, 0) is 57.0 Å². The second-order valence-electron chi connectivity index (χ2n) is 8.20. The lowest BCUT2D eigenvalue weighted by Gasteiger charge is -2.38. The van der Waals surface area contributed by atoms with Crippen LogP contribution in [0.15, 0.2) is 36.4 Å². The monoisotopic (exact) mass is 466 g/mol. The summed E-state index contributed by atoms with van der Waals surface area (Å²) < 4.78 is 31.5. The van der Waals surface area contributed by atoms with Crippen LogP contribution in [0, 0.1) is 21.7 Å². The van der Waals surface area contributed by atoms with E-state index in [1.807, 2.05) is 0 Å². The number of benzene rings is 2. The van der Waals surface area contributed by atoms with Crippen LogP contribution in [0.1, 0.15) is 38.1 Å². The van der Waals surface area contributed by atoms with Gasteiger partial charge in [0.05, 0.1) is 18.1 Å². The number of hydroxylamine groups is 2. The molecule has 2 atom stereocenters. The third-order valence-electron chi connectivity index (χ3n) is 4.66.